The van der Waals surface area contributed by atoms with Gasteiger partial charge < -0.3 is 10.1 Å². The van der Waals surface area contributed by atoms with Gasteiger partial charge in [-0.25, -0.2) is 0 Å². The lowest BCUT2D eigenvalue weighted by Crippen LogP contribution is -2.34. The van der Waals surface area contributed by atoms with E-state index in [0.717, 1.165) is 48.0 Å². The molecule has 0 amide bonds. The van der Waals surface area contributed by atoms with Crippen LogP contribution in [0, 0.1) is 5.92 Å². The third kappa shape index (κ3) is 2.79. The number of fused-ring (bicyclic) bond motifs is 1. The highest BCUT2D eigenvalue weighted by Gasteiger charge is 2.24. The Morgan fingerprint density at radius 2 is 2.05 bits per heavy atom. The molecule has 1 aliphatic heterocycles. The number of piperidine rings is 1. The molecule has 1 fully saturated rings. The molecule has 3 nitrogen and oxygen atoms in total. The third-order valence-electron chi connectivity index (χ3n) is 4.12. The molecule has 3 rings (SSSR count). The molecule has 1 N–H and O–H groups in total. The molecule has 2 aromatic rings. The van der Waals surface area contributed by atoms with Crippen molar-refractivity contribution in [3.05, 3.63) is 42.0 Å². The number of rotatable bonds is 4. The third-order valence-corrected chi connectivity index (χ3v) is 4.12. The van der Waals surface area contributed by atoms with E-state index >= 15 is 0 Å². The van der Waals surface area contributed by atoms with E-state index < -0.39 is 0 Å². The van der Waals surface area contributed by atoms with Crippen LogP contribution < -0.4 is 10.1 Å². The van der Waals surface area contributed by atoms with Gasteiger partial charge in [0, 0.05) is 23.4 Å². The van der Waals surface area contributed by atoms with Crippen LogP contribution >= 0.6 is 0 Å². The summed E-state index contributed by atoms with van der Waals surface area (Å²) in [6, 6.07) is 11.9. The number of hydrogen-bond acceptors (Lipinski definition) is 3. The fourth-order valence-electron chi connectivity index (χ4n) is 3.06. The van der Waals surface area contributed by atoms with Crippen molar-refractivity contribution in [3.63, 3.8) is 0 Å². The number of Topliss-reactive ketones (excluding diaryl/α,β-unsaturated/α-hetero) is 1. The Morgan fingerprint density at radius 3 is 2.76 bits per heavy atom. The SMILES string of the molecule is CCOc1ccc(C(=O)C2CCCNC2)c2ccccc12. The molecule has 0 radical (unpaired) electrons. The van der Waals surface area contributed by atoms with Crippen molar-refractivity contribution < 1.29 is 9.53 Å². The molecule has 1 atom stereocenters. The summed E-state index contributed by atoms with van der Waals surface area (Å²) in [5.74, 6) is 1.20. The second kappa shape index (κ2) is 6.27. The zero-order valence-electron chi connectivity index (χ0n) is 12.4. The molecule has 3 heteroatoms. The van der Waals surface area contributed by atoms with E-state index in [1.165, 1.54) is 0 Å². The van der Waals surface area contributed by atoms with Gasteiger partial charge in [-0.3, -0.25) is 4.79 Å². The Labute approximate surface area is 125 Å². The Hall–Kier alpha value is -1.87. The minimum absolute atomic E-state index is 0.0973. The van der Waals surface area contributed by atoms with Crippen LogP contribution in [0.1, 0.15) is 30.1 Å². The van der Waals surface area contributed by atoms with E-state index in [1.807, 2.05) is 43.3 Å². The van der Waals surface area contributed by atoms with Crippen molar-refractivity contribution in [2.45, 2.75) is 19.8 Å². The maximum atomic E-state index is 12.8. The first-order chi connectivity index (χ1) is 10.3. The van der Waals surface area contributed by atoms with Crippen molar-refractivity contribution in [2.24, 2.45) is 5.92 Å². The van der Waals surface area contributed by atoms with E-state index in [-0.39, 0.29) is 11.7 Å². The van der Waals surface area contributed by atoms with E-state index in [2.05, 4.69) is 5.32 Å². The summed E-state index contributed by atoms with van der Waals surface area (Å²) in [5, 5.41) is 5.34. The fourth-order valence-corrected chi connectivity index (χ4v) is 3.06. The van der Waals surface area contributed by atoms with Crippen LogP contribution in [0.3, 0.4) is 0 Å². The Bertz CT molecular complexity index is 645. The Balaban J connectivity index is 2.02. The van der Waals surface area contributed by atoms with Crippen LogP contribution in [0.2, 0.25) is 0 Å². The molecule has 110 valence electrons. The first-order valence-electron chi connectivity index (χ1n) is 7.70. The van der Waals surface area contributed by atoms with Crippen molar-refractivity contribution in [1.82, 2.24) is 5.32 Å². The van der Waals surface area contributed by atoms with Gasteiger partial charge in [0.2, 0.25) is 0 Å². The van der Waals surface area contributed by atoms with Crippen molar-refractivity contribution >= 4 is 16.6 Å². The van der Waals surface area contributed by atoms with Gasteiger partial charge in [0.1, 0.15) is 5.75 Å². The van der Waals surface area contributed by atoms with Crippen LogP contribution in [-0.2, 0) is 0 Å². The highest BCUT2D eigenvalue weighted by Crippen LogP contribution is 2.30. The van der Waals surface area contributed by atoms with Gasteiger partial charge in [-0.05, 0) is 43.8 Å². The number of ether oxygens (including phenoxy) is 1. The number of nitrogens with one attached hydrogen (secondary N) is 1. The van der Waals surface area contributed by atoms with E-state index in [0.29, 0.717) is 6.61 Å². The van der Waals surface area contributed by atoms with Crippen molar-refractivity contribution in [1.29, 1.82) is 0 Å². The number of hydrogen-bond donors (Lipinski definition) is 1. The summed E-state index contributed by atoms with van der Waals surface area (Å²) in [6.07, 6.45) is 2.05. The van der Waals surface area contributed by atoms with E-state index in [4.69, 9.17) is 4.74 Å². The lowest BCUT2D eigenvalue weighted by Gasteiger charge is -2.22. The van der Waals surface area contributed by atoms with Gasteiger partial charge in [-0.15, -0.1) is 0 Å². The minimum Gasteiger partial charge on any atom is -0.493 e. The number of ketones is 1. The molecule has 0 spiro atoms. The molecule has 1 aliphatic rings. The maximum Gasteiger partial charge on any atom is 0.167 e. The average Bonchev–Trinajstić information content (AvgIpc) is 2.56. The summed E-state index contributed by atoms with van der Waals surface area (Å²) in [7, 11) is 0. The topological polar surface area (TPSA) is 38.3 Å². The number of carbonyl (C=O) groups excluding carboxylic acids is 1. The van der Waals surface area contributed by atoms with Gasteiger partial charge in [-0.2, -0.15) is 0 Å². The summed E-state index contributed by atoms with van der Waals surface area (Å²) in [4.78, 5) is 12.8. The number of benzene rings is 2. The van der Waals surface area contributed by atoms with Gasteiger partial charge in [0.05, 0.1) is 6.61 Å². The second-order valence-electron chi connectivity index (χ2n) is 5.50. The predicted octanol–water partition coefficient (Wildman–Crippen LogP) is 3.42. The van der Waals surface area contributed by atoms with Crippen LogP contribution in [0.25, 0.3) is 10.8 Å². The quantitative estimate of drug-likeness (QED) is 0.874. The van der Waals surface area contributed by atoms with E-state index in [1.54, 1.807) is 0 Å². The maximum absolute atomic E-state index is 12.8. The molecule has 1 heterocycles. The highest BCUT2D eigenvalue weighted by molar-refractivity contribution is 6.10. The summed E-state index contributed by atoms with van der Waals surface area (Å²) < 4.78 is 5.68. The van der Waals surface area contributed by atoms with Gasteiger partial charge >= 0.3 is 0 Å². The largest absolute Gasteiger partial charge is 0.493 e. The van der Waals surface area contributed by atoms with Gasteiger partial charge in [0.15, 0.2) is 5.78 Å². The van der Waals surface area contributed by atoms with E-state index in [9.17, 15) is 4.79 Å². The average molecular weight is 283 g/mol. The zero-order chi connectivity index (χ0) is 14.7. The van der Waals surface area contributed by atoms with Crippen molar-refractivity contribution in [2.75, 3.05) is 19.7 Å². The van der Waals surface area contributed by atoms with Crippen LogP contribution in [-0.4, -0.2) is 25.5 Å². The first-order valence-corrected chi connectivity index (χ1v) is 7.70. The molecule has 0 saturated carbocycles. The molecule has 0 bridgehead atoms. The second-order valence-corrected chi connectivity index (χ2v) is 5.50. The molecule has 21 heavy (non-hydrogen) atoms. The fraction of sp³-hybridized carbons (Fsp3) is 0.389. The smallest absolute Gasteiger partial charge is 0.167 e. The Kier molecular flexibility index (Phi) is 4.20. The van der Waals surface area contributed by atoms with Gasteiger partial charge in [-0.1, -0.05) is 24.3 Å². The molecule has 2 aromatic carbocycles. The lowest BCUT2D eigenvalue weighted by molar-refractivity contribution is 0.0901. The van der Waals surface area contributed by atoms with Crippen LogP contribution in [0.4, 0.5) is 0 Å². The summed E-state index contributed by atoms with van der Waals surface area (Å²) >= 11 is 0. The summed E-state index contributed by atoms with van der Waals surface area (Å²) in [5.41, 5.74) is 0.822. The molecular weight excluding hydrogens is 262 g/mol. The molecular formula is C18H21NO2. The minimum atomic E-state index is 0.0973. The zero-order valence-corrected chi connectivity index (χ0v) is 12.4. The lowest BCUT2D eigenvalue weighted by atomic mass is 9.88. The standard InChI is InChI=1S/C18H21NO2/c1-2-21-17-10-9-16(14-7-3-4-8-15(14)17)18(20)13-6-5-11-19-12-13/h3-4,7-10,13,19H,2,5-6,11-12H2,1H3. The van der Waals surface area contributed by atoms with Crippen LogP contribution in [0.5, 0.6) is 5.75 Å². The Morgan fingerprint density at radius 1 is 1.24 bits per heavy atom. The molecule has 0 aromatic heterocycles. The normalized spacial score (nSPS) is 18.6. The van der Waals surface area contributed by atoms with Gasteiger partial charge in [0.25, 0.3) is 0 Å². The monoisotopic (exact) mass is 283 g/mol. The molecule has 1 unspecified atom stereocenters. The molecule has 1 saturated heterocycles. The van der Waals surface area contributed by atoms with Crippen LogP contribution in [0.15, 0.2) is 36.4 Å². The predicted molar refractivity (Wildman–Crippen MR) is 85.0 cm³/mol. The highest BCUT2D eigenvalue weighted by atomic mass is 16.5. The van der Waals surface area contributed by atoms with Crippen molar-refractivity contribution in [3.8, 4) is 5.75 Å². The number of carbonyl (C=O) groups is 1. The summed E-state index contributed by atoms with van der Waals surface area (Å²) in [6.45, 7) is 4.42. The molecule has 0 aliphatic carbocycles. The first kappa shape index (κ1) is 14.1.